The Balaban J connectivity index is 0.00000261. The Morgan fingerprint density at radius 3 is 2.81 bits per heavy atom. The number of nitrogens with two attached hydrogens (primary N) is 1. The van der Waals surface area contributed by atoms with Gasteiger partial charge in [-0.05, 0) is 42.3 Å². The Hall–Kier alpha value is -2.00. The Kier molecular flexibility index (Phi) is 7.73. The van der Waals surface area contributed by atoms with Gasteiger partial charge in [0.05, 0.1) is 18.7 Å². The van der Waals surface area contributed by atoms with Crippen molar-refractivity contribution < 1.29 is 9.53 Å². The first kappa shape index (κ1) is 21.3. The smallest absolute Gasteiger partial charge is 0.227 e. The molecule has 0 aliphatic carbocycles. The molecule has 1 saturated heterocycles. The van der Waals surface area contributed by atoms with Crippen molar-refractivity contribution in [3.8, 4) is 5.75 Å². The SMILES string of the molecule is COc1ccc(NC(N)=NCc2cccc(N3CCCC3=O)c2)cc1Cl.I. The molecule has 6 nitrogen and oxygen atoms in total. The van der Waals surface area contributed by atoms with E-state index in [0.29, 0.717) is 23.7 Å². The zero-order valence-corrected chi connectivity index (χ0v) is 18.0. The van der Waals surface area contributed by atoms with Crippen LogP contribution in [0, 0.1) is 0 Å². The molecule has 144 valence electrons. The molecular formula is C19H22ClIN4O2. The first-order chi connectivity index (χ1) is 12.6. The zero-order chi connectivity index (χ0) is 18.5. The van der Waals surface area contributed by atoms with Gasteiger partial charge < -0.3 is 20.7 Å². The second kappa shape index (κ2) is 9.80. The van der Waals surface area contributed by atoms with Gasteiger partial charge in [-0.25, -0.2) is 4.99 Å². The van der Waals surface area contributed by atoms with Crippen molar-refractivity contribution in [2.75, 3.05) is 23.9 Å². The van der Waals surface area contributed by atoms with Crippen molar-refractivity contribution in [1.82, 2.24) is 0 Å². The van der Waals surface area contributed by atoms with Crippen LogP contribution < -0.4 is 20.7 Å². The Bertz CT molecular complexity index is 844. The number of carbonyl (C=O) groups excluding carboxylic acids is 1. The van der Waals surface area contributed by atoms with Crippen LogP contribution in [0.5, 0.6) is 5.75 Å². The van der Waals surface area contributed by atoms with E-state index in [9.17, 15) is 4.79 Å². The molecule has 1 aliphatic rings. The minimum Gasteiger partial charge on any atom is -0.495 e. The number of nitrogens with one attached hydrogen (secondary N) is 1. The minimum atomic E-state index is 0. The van der Waals surface area contributed by atoms with E-state index in [4.69, 9.17) is 22.1 Å². The van der Waals surface area contributed by atoms with Crippen LogP contribution in [-0.2, 0) is 11.3 Å². The molecule has 0 aromatic heterocycles. The molecule has 1 fully saturated rings. The van der Waals surface area contributed by atoms with Gasteiger partial charge >= 0.3 is 0 Å². The second-order valence-corrected chi connectivity index (χ2v) is 6.40. The molecule has 3 rings (SSSR count). The van der Waals surface area contributed by atoms with Crippen molar-refractivity contribution in [2.24, 2.45) is 10.7 Å². The summed E-state index contributed by atoms with van der Waals surface area (Å²) in [5.74, 6) is 1.05. The molecule has 1 amide bonds. The lowest BCUT2D eigenvalue weighted by Crippen LogP contribution is -2.24. The van der Waals surface area contributed by atoms with Crippen LogP contribution in [0.3, 0.4) is 0 Å². The summed E-state index contributed by atoms with van der Waals surface area (Å²) < 4.78 is 5.12. The molecule has 2 aromatic carbocycles. The lowest BCUT2D eigenvalue weighted by molar-refractivity contribution is -0.117. The van der Waals surface area contributed by atoms with E-state index in [0.717, 1.165) is 29.9 Å². The Labute approximate surface area is 180 Å². The maximum absolute atomic E-state index is 11.9. The third kappa shape index (κ3) is 5.49. The van der Waals surface area contributed by atoms with Gasteiger partial charge in [0.1, 0.15) is 5.75 Å². The van der Waals surface area contributed by atoms with Crippen molar-refractivity contribution >= 4 is 58.8 Å². The maximum Gasteiger partial charge on any atom is 0.227 e. The number of rotatable bonds is 5. The molecule has 8 heteroatoms. The van der Waals surface area contributed by atoms with Crippen LogP contribution in [0.25, 0.3) is 0 Å². The van der Waals surface area contributed by atoms with Crippen LogP contribution in [0.4, 0.5) is 11.4 Å². The summed E-state index contributed by atoms with van der Waals surface area (Å²) in [6, 6.07) is 13.1. The molecule has 27 heavy (non-hydrogen) atoms. The lowest BCUT2D eigenvalue weighted by atomic mass is 10.2. The third-order valence-corrected chi connectivity index (χ3v) is 4.45. The summed E-state index contributed by atoms with van der Waals surface area (Å²) in [7, 11) is 1.56. The van der Waals surface area contributed by atoms with Crippen molar-refractivity contribution in [2.45, 2.75) is 19.4 Å². The van der Waals surface area contributed by atoms with E-state index in [1.54, 1.807) is 19.2 Å². The highest BCUT2D eigenvalue weighted by atomic mass is 127. The number of anilines is 2. The van der Waals surface area contributed by atoms with E-state index >= 15 is 0 Å². The highest BCUT2D eigenvalue weighted by Gasteiger charge is 2.21. The number of hydrogen-bond donors (Lipinski definition) is 2. The third-order valence-electron chi connectivity index (χ3n) is 4.15. The summed E-state index contributed by atoms with van der Waals surface area (Å²) in [5.41, 5.74) is 8.58. The van der Waals surface area contributed by atoms with Gasteiger partial charge in [0.2, 0.25) is 5.91 Å². The van der Waals surface area contributed by atoms with Gasteiger partial charge in [-0.3, -0.25) is 4.79 Å². The standard InChI is InChI=1S/C19H21ClN4O2.HI/c1-26-17-8-7-14(11-16(17)20)23-19(21)22-12-13-4-2-5-15(10-13)24-9-3-6-18(24)25;/h2,4-5,7-8,10-11H,3,6,9,12H2,1H3,(H3,21,22,23);1H. The topological polar surface area (TPSA) is 80.0 Å². The molecule has 0 unspecified atom stereocenters. The van der Waals surface area contributed by atoms with Gasteiger partial charge in [-0.2, -0.15) is 0 Å². The van der Waals surface area contributed by atoms with Crippen LogP contribution in [0.1, 0.15) is 18.4 Å². The van der Waals surface area contributed by atoms with E-state index in [-0.39, 0.29) is 35.8 Å². The van der Waals surface area contributed by atoms with E-state index < -0.39 is 0 Å². The molecule has 0 radical (unpaired) electrons. The number of guanidine groups is 1. The maximum atomic E-state index is 11.9. The molecule has 1 heterocycles. The molecule has 2 aromatic rings. The molecule has 0 spiro atoms. The number of carbonyl (C=O) groups is 1. The molecule has 0 saturated carbocycles. The number of benzene rings is 2. The summed E-state index contributed by atoms with van der Waals surface area (Å²) in [5, 5.41) is 3.50. The van der Waals surface area contributed by atoms with Crippen molar-refractivity contribution in [3.05, 3.63) is 53.1 Å². The van der Waals surface area contributed by atoms with Crippen LogP contribution in [0.2, 0.25) is 5.02 Å². The summed E-state index contributed by atoms with van der Waals surface area (Å²) >= 11 is 6.10. The van der Waals surface area contributed by atoms with Crippen LogP contribution in [0.15, 0.2) is 47.5 Å². The number of nitrogens with zero attached hydrogens (tertiary/aromatic N) is 2. The quantitative estimate of drug-likeness (QED) is 0.369. The molecule has 1 aliphatic heterocycles. The highest BCUT2D eigenvalue weighted by molar-refractivity contribution is 14.0. The molecular weight excluding hydrogens is 479 g/mol. The monoisotopic (exact) mass is 500 g/mol. The van der Waals surface area contributed by atoms with Gasteiger partial charge in [0, 0.05) is 24.3 Å². The highest BCUT2D eigenvalue weighted by Crippen LogP contribution is 2.27. The lowest BCUT2D eigenvalue weighted by Gasteiger charge is -2.16. The number of aliphatic imine (C=N–C) groups is 1. The second-order valence-electron chi connectivity index (χ2n) is 5.99. The van der Waals surface area contributed by atoms with Crippen LogP contribution in [-0.4, -0.2) is 25.5 Å². The average Bonchev–Trinajstić information content (AvgIpc) is 3.06. The largest absolute Gasteiger partial charge is 0.495 e. The van der Waals surface area contributed by atoms with E-state index in [1.807, 2.05) is 35.2 Å². The van der Waals surface area contributed by atoms with E-state index in [1.165, 1.54) is 0 Å². The number of amides is 1. The predicted octanol–water partition coefficient (Wildman–Crippen LogP) is 4.02. The fourth-order valence-corrected chi connectivity index (χ4v) is 3.11. The number of methoxy groups -OCH3 is 1. The number of hydrogen-bond acceptors (Lipinski definition) is 3. The molecule has 3 N–H and O–H groups in total. The number of ether oxygens (including phenoxy) is 1. The fraction of sp³-hybridized carbons (Fsp3) is 0.263. The first-order valence-electron chi connectivity index (χ1n) is 8.36. The summed E-state index contributed by atoms with van der Waals surface area (Å²) in [6.45, 7) is 1.19. The number of halogens is 2. The predicted molar refractivity (Wildman–Crippen MR) is 120 cm³/mol. The zero-order valence-electron chi connectivity index (χ0n) is 14.9. The first-order valence-corrected chi connectivity index (χ1v) is 8.74. The summed E-state index contributed by atoms with van der Waals surface area (Å²) in [4.78, 5) is 18.0. The van der Waals surface area contributed by atoms with Gasteiger partial charge in [-0.15, -0.1) is 24.0 Å². The van der Waals surface area contributed by atoms with Crippen molar-refractivity contribution in [1.29, 1.82) is 0 Å². The molecule has 0 bridgehead atoms. The van der Waals surface area contributed by atoms with Crippen LogP contribution >= 0.6 is 35.6 Å². The van der Waals surface area contributed by atoms with Crippen molar-refractivity contribution in [3.63, 3.8) is 0 Å². The van der Waals surface area contributed by atoms with E-state index in [2.05, 4.69) is 10.3 Å². The Morgan fingerprint density at radius 1 is 1.33 bits per heavy atom. The normalized spacial score (nSPS) is 14.1. The average molecular weight is 501 g/mol. The minimum absolute atomic E-state index is 0. The molecule has 0 atom stereocenters. The summed E-state index contributed by atoms with van der Waals surface area (Å²) in [6.07, 6.45) is 1.52. The van der Waals surface area contributed by atoms with Gasteiger partial charge in [-0.1, -0.05) is 23.7 Å². The van der Waals surface area contributed by atoms with Gasteiger partial charge in [0.25, 0.3) is 0 Å². The Morgan fingerprint density at radius 2 is 2.15 bits per heavy atom. The fourth-order valence-electron chi connectivity index (χ4n) is 2.85. The van der Waals surface area contributed by atoms with Gasteiger partial charge in [0.15, 0.2) is 5.96 Å².